The highest BCUT2D eigenvalue weighted by Crippen LogP contribution is 2.41. The van der Waals surface area contributed by atoms with Gasteiger partial charge in [0.25, 0.3) is 0 Å². The third-order valence-corrected chi connectivity index (χ3v) is 9.40. The Balaban J connectivity index is 1.15. The van der Waals surface area contributed by atoms with Gasteiger partial charge in [-0.05, 0) is 95.7 Å². The normalized spacial score (nSPS) is 11.1. The van der Waals surface area contributed by atoms with Crippen LogP contribution in [0.1, 0.15) is 0 Å². The summed E-state index contributed by atoms with van der Waals surface area (Å²) in [4.78, 5) is 14.8. The minimum absolute atomic E-state index is 0.861. The van der Waals surface area contributed by atoms with E-state index in [1.54, 1.807) is 0 Å². The van der Waals surface area contributed by atoms with Crippen molar-refractivity contribution in [2.24, 2.45) is 0 Å². The number of nitrogens with zero attached hydrogens (tertiary/aromatic N) is 4. The maximum Gasteiger partial charge on any atom is 0.0973 e. The van der Waals surface area contributed by atoms with Crippen LogP contribution in [-0.2, 0) is 0 Å². The summed E-state index contributed by atoms with van der Waals surface area (Å²) in [5.41, 5.74) is 12.0. The summed E-state index contributed by atoms with van der Waals surface area (Å²) in [6.45, 7) is 0. The molecule has 4 heteroatoms. The van der Waals surface area contributed by atoms with Gasteiger partial charge >= 0.3 is 0 Å². The second-order valence-corrected chi connectivity index (χ2v) is 12.7. The standard InChI is InChI=1S/C48H34N4/c1-4-15-36(16-5-1)47-48(50-46-23-13-12-22-45(46)49-47)37-25-27-41(28-26-37)52(44-29-24-35-14-10-11-17-38(35)34-44)43-32-30-42(31-33-43)51(39-18-6-2-7-19-39)40-20-8-3-9-21-40/h1-34H. The van der Waals surface area contributed by atoms with Crippen LogP contribution in [0.15, 0.2) is 206 Å². The summed E-state index contributed by atoms with van der Waals surface area (Å²) in [7, 11) is 0. The van der Waals surface area contributed by atoms with Crippen molar-refractivity contribution in [2.45, 2.75) is 0 Å². The Hall–Kier alpha value is -7.04. The van der Waals surface area contributed by atoms with E-state index in [1.165, 1.54) is 10.8 Å². The molecule has 0 N–H and O–H groups in total. The number of rotatable bonds is 8. The van der Waals surface area contributed by atoms with Crippen molar-refractivity contribution < 1.29 is 0 Å². The van der Waals surface area contributed by atoms with Gasteiger partial charge in [0.05, 0.1) is 22.4 Å². The number of aromatic nitrogens is 2. The van der Waals surface area contributed by atoms with Gasteiger partial charge in [0.1, 0.15) is 0 Å². The van der Waals surface area contributed by atoms with Crippen LogP contribution in [0.4, 0.5) is 34.1 Å². The second-order valence-electron chi connectivity index (χ2n) is 12.7. The van der Waals surface area contributed by atoms with Gasteiger partial charge in [-0.1, -0.05) is 121 Å². The summed E-state index contributed by atoms with van der Waals surface area (Å²) in [5.74, 6) is 0. The predicted octanol–water partition coefficient (Wildman–Crippen LogP) is 13.1. The van der Waals surface area contributed by atoms with Crippen LogP contribution in [-0.4, -0.2) is 9.97 Å². The van der Waals surface area contributed by atoms with Gasteiger partial charge < -0.3 is 9.80 Å². The molecule has 8 aromatic carbocycles. The molecule has 0 aliphatic carbocycles. The van der Waals surface area contributed by atoms with Crippen molar-refractivity contribution in [2.75, 3.05) is 9.80 Å². The third-order valence-electron chi connectivity index (χ3n) is 9.40. The van der Waals surface area contributed by atoms with E-state index in [2.05, 4.69) is 174 Å². The highest BCUT2D eigenvalue weighted by atomic mass is 15.2. The highest BCUT2D eigenvalue weighted by Gasteiger charge is 2.18. The van der Waals surface area contributed by atoms with Gasteiger partial charge in [-0.25, -0.2) is 9.97 Å². The zero-order chi connectivity index (χ0) is 34.7. The van der Waals surface area contributed by atoms with Crippen molar-refractivity contribution in [1.29, 1.82) is 0 Å². The minimum atomic E-state index is 0.861. The average Bonchev–Trinajstić information content (AvgIpc) is 3.22. The van der Waals surface area contributed by atoms with E-state index in [0.29, 0.717) is 0 Å². The molecule has 0 aliphatic heterocycles. The minimum Gasteiger partial charge on any atom is -0.311 e. The molecule has 9 rings (SSSR count). The summed E-state index contributed by atoms with van der Waals surface area (Å²) in [5, 5.41) is 2.40. The molecule has 52 heavy (non-hydrogen) atoms. The van der Waals surface area contributed by atoms with Crippen LogP contribution in [0.2, 0.25) is 0 Å². The van der Waals surface area contributed by atoms with Crippen LogP contribution >= 0.6 is 0 Å². The molecule has 0 fully saturated rings. The lowest BCUT2D eigenvalue weighted by Crippen LogP contribution is -2.12. The van der Waals surface area contributed by atoms with Crippen molar-refractivity contribution >= 4 is 55.9 Å². The first kappa shape index (κ1) is 31.0. The van der Waals surface area contributed by atoms with Crippen molar-refractivity contribution in [3.8, 4) is 22.5 Å². The molecule has 246 valence electrons. The highest BCUT2D eigenvalue weighted by molar-refractivity contribution is 5.91. The molecule has 0 atom stereocenters. The molecule has 1 aromatic heterocycles. The summed E-state index contributed by atoms with van der Waals surface area (Å²) < 4.78 is 0. The number of para-hydroxylation sites is 4. The predicted molar refractivity (Wildman–Crippen MR) is 217 cm³/mol. The van der Waals surface area contributed by atoms with E-state index in [-0.39, 0.29) is 0 Å². The molecule has 0 spiro atoms. The second kappa shape index (κ2) is 13.7. The fourth-order valence-corrected chi connectivity index (χ4v) is 6.88. The smallest absolute Gasteiger partial charge is 0.0973 e. The van der Waals surface area contributed by atoms with Crippen molar-refractivity contribution in [1.82, 2.24) is 9.97 Å². The lowest BCUT2D eigenvalue weighted by atomic mass is 10.0. The third kappa shape index (κ3) is 6.03. The quantitative estimate of drug-likeness (QED) is 0.162. The average molecular weight is 667 g/mol. The van der Waals surface area contributed by atoms with E-state index in [4.69, 9.17) is 9.97 Å². The van der Waals surface area contributed by atoms with E-state index in [9.17, 15) is 0 Å². The molecule has 0 aliphatic rings. The number of fused-ring (bicyclic) bond motifs is 2. The monoisotopic (exact) mass is 666 g/mol. The molecule has 0 saturated carbocycles. The molecule has 0 bridgehead atoms. The van der Waals surface area contributed by atoms with Gasteiger partial charge in [0.2, 0.25) is 0 Å². The Morgan fingerprint density at radius 3 is 1.17 bits per heavy atom. The SMILES string of the molecule is c1ccc(-c2nc3ccccc3nc2-c2ccc(N(c3ccc(N(c4ccccc4)c4ccccc4)cc3)c3ccc4ccccc4c3)cc2)cc1. The first-order valence-electron chi connectivity index (χ1n) is 17.5. The maximum absolute atomic E-state index is 5.14. The maximum atomic E-state index is 5.14. The molecule has 0 amide bonds. The Labute approximate surface area is 303 Å². The number of hydrogen-bond acceptors (Lipinski definition) is 4. The van der Waals surface area contributed by atoms with Crippen molar-refractivity contribution in [3.63, 3.8) is 0 Å². The first-order chi connectivity index (χ1) is 25.8. The molecule has 0 unspecified atom stereocenters. The Bertz CT molecular complexity index is 2570. The van der Waals surface area contributed by atoms with E-state index in [1.807, 2.05) is 42.5 Å². The summed E-state index contributed by atoms with van der Waals surface area (Å²) in [6, 6.07) is 72.1. The lowest BCUT2D eigenvalue weighted by Gasteiger charge is -2.28. The molecule has 1 heterocycles. The summed E-state index contributed by atoms with van der Waals surface area (Å²) in [6.07, 6.45) is 0. The Morgan fingerprint density at radius 2 is 0.635 bits per heavy atom. The fraction of sp³-hybridized carbons (Fsp3) is 0. The van der Waals surface area contributed by atoms with Gasteiger partial charge in [0.15, 0.2) is 0 Å². The molecule has 9 aromatic rings. The topological polar surface area (TPSA) is 32.3 Å². The molecular weight excluding hydrogens is 633 g/mol. The number of anilines is 6. The van der Waals surface area contributed by atoms with Crippen LogP contribution in [0.25, 0.3) is 44.3 Å². The number of benzene rings is 8. The van der Waals surface area contributed by atoms with Crippen LogP contribution in [0.3, 0.4) is 0 Å². The van der Waals surface area contributed by atoms with E-state index in [0.717, 1.165) is 67.7 Å². The lowest BCUT2D eigenvalue weighted by molar-refractivity contribution is 1.25. The van der Waals surface area contributed by atoms with Gasteiger partial charge in [0, 0.05) is 45.3 Å². The summed E-state index contributed by atoms with van der Waals surface area (Å²) >= 11 is 0. The molecular formula is C48H34N4. The fourth-order valence-electron chi connectivity index (χ4n) is 6.88. The van der Waals surface area contributed by atoms with Gasteiger partial charge in [-0.15, -0.1) is 0 Å². The van der Waals surface area contributed by atoms with Crippen LogP contribution < -0.4 is 9.80 Å². The van der Waals surface area contributed by atoms with Crippen LogP contribution in [0, 0.1) is 0 Å². The first-order valence-corrected chi connectivity index (χ1v) is 17.5. The Kier molecular flexibility index (Phi) is 8.16. The Morgan fingerprint density at radius 1 is 0.269 bits per heavy atom. The zero-order valence-electron chi connectivity index (χ0n) is 28.4. The van der Waals surface area contributed by atoms with Crippen LogP contribution in [0.5, 0.6) is 0 Å². The number of hydrogen-bond donors (Lipinski definition) is 0. The largest absolute Gasteiger partial charge is 0.311 e. The van der Waals surface area contributed by atoms with E-state index < -0.39 is 0 Å². The van der Waals surface area contributed by atoms with Crippen molar-refractivity contribution in [3.05, 3.63) is 206 Å². The van der Waals surface area contributed by atoms with Gasteiger partial charge in [-0.3, -0.25) is 0 Å². The molecule has 0 saturated heterocycles. The molecule has 0 radical (unpaired) electrons. The van der Waals surface area contributed by atoms with Gasteiger partial charge in [-0.2, -0.15) is 0 Å². The zero-order valence-corrected chi connectivity index (χ0v) is 28.4. The molecule has 4 nitrogen and oxygen atoms in total. The van der Waals surface area contributed by atoms with E-state index >= 15 is 0 Å².